The van der Waals surface area contributed by atoms with Crippen LogP contribution in [-0.4, -0.2) is 60.1 Å². The maximum atomic E-state index is 11.8. The fourth-order valence-electron chi connectivity index (χ4n) is 2.06. The van der Waals surface area contributed by atoms with Crippen LogP contribution in [0.1, 0.15) is 52.4 Å². The lowest BCUT2D eigenvalue weighted by molar-refractivity contribution is -0.153. The zero-order chi connectivity index (χ0) is 20.1. The maximum absolute atomic E-state index is 11.8. The molecular weight excluding hydrogens is 342 g/mol. The molecule has 8 nitrogen and oxygen atoms in total. The van der Waals surface area contributed by atoms with Gasteiger partial charge in [0.25, 0.3) is 5.91 Å². The number of carbonyl (C=O) groups excluding carboxylic acids is 3. The molecule has 0 aromatic rings. The first-order valence-electron chi connectivity index (χ1n) is 8.67. The van der Waals surface area contributed by atoms with E-state index in [-0.39, 0.29) is 18.1 Å². The van der Waals surface area contributed by atoms with E-state index in [2.05, 4.69) is 13.5 Å². The minimum Gasteiger partial charge on any atom is -0.480 e. The van der Waals surface area contributed by atoms with Gasteiger partial charge in [0.1, 0.15) is 6.54 Å². The van der Waals surface area contributed by atoms with Gasteiger partial charge in [-0.05, 0) is 19.8 Å². The number of hydrogen-bond donors (Lipinski definition) is 1. The van der Waals surface area contributed by atoms with E-state index in [1.807, 2.05) is 0 Å². The van der Waals surface area contributed by atoms with Crippen LogP contribution in [0.15, 0.2) is 12.2 Å². The number of amides is 1. The molecule has 0 saturated carbocycles. The quantitative estimate of drug-likeness (QED) is 0.299. The summed E-state index contributed by atoms with van der Waals surface area (Å²) in [5.41, 5.74) is -0.123. The molecule has 1 N–H and O–H groups in total. The highest BCUT2D eigenvalue weighted by Gasteiger charge is 2.19. The van der Waals surface area contributed by atoms with Gasteiger partial charge in [0.05, 0.1) is 12.5 Å². The SMILES string of the molecule is C=C(CC(=O)OC(C)CCCCCC)C(=O)OCC(=O)N(C)CC(=O)O. The number of carboxylic acid groups (broad SMARTS) is 1. The lowest BCUT2D eigenvalue weighted by atomic mass is 10.1. The Labute approximate surface area is 154 Å². The van der Waals surface area contributed by atoms with Crippen LogP contribution in [0.3, 0.4) is 0 Å². The number of carboxylic acids is 1. The first-order chi connectivity index (χ1) is 12.2. The van der Waals surface area contributed by atoms with Crippen molar-refractivity contribution in [2.75, 3.05) is 20.2 Å². The monoisotopic (exact) mass is 371 g/mol. The average Bonchev–Trinajstić information content (AvgIpc) is 2.55. The summed E-state index contributed by atoms with van der Waals surface area (Å²) in [7, 11) is 1.28. The van der Waals surface area contributed by atoms with E-state index in [1.54, 1.807) is 6.92 Å². The Bertz CT molecular complexity index is 516. The highest BCUT2D eigenvalue weighted by molar-refractivity contribution is 5.94. The molecule has 1 unspecified atom stereocenters. The van der Waals surface area contributed by atoms with Crippen LogP contribution < -0.4 is 0 Å². The fourth-order valence-corrected chi connectivity index (χ4v) is 2.06. The predicted octanol–water partition coefficient (Wildman–Crippen LogP) is 1.92. The Balaban J connectivity index is 4.13. The van der Waals surface area contributed by atoms with Gasteiger partial charge in [0, 0.05) is 12.6 Å². The second-order valence-electron chi connectivity index (χ2n) is 6.15. The van der Waals surface area contributed by atoms with Crippen molar-refractivity contribution in [2.24, 2.45) is 0 Å². The Morgan fingerprint density at radius 2 is 1.81 bits per heavy atom. The third-order valence-corrected chi connectivity index (χ3v) is 3.57. The van der Waals surface area contributed by atoms with E-state index in [1.165, 1.54) is 7.05 Å². The topological polar surface area (TPSA) is 110 Å². The molecule has 8 heteroatoms. The minimum atomic E-state index is -1.18. The van der Waals surface area contributed by atoms with Gasteiger partial charge in [0.15, 0.2) is 6.61 Å². The smallest absolute Gasteiger partial charge is 0.334 e. The number of unbranched alkanes of at least 4 members (excludes halogenated alkanes) is 3. The Morgan fingerprint density at radius 1 is 1.15 bits per heavy atom. The molecule has 0 aromatic heterocycles. The summed E-state index contributed by atoms with van der Waals surface area (Å²) in [6.45, 7) is 6.25. The Kier molecular flexibility index (Phi) is 11.7. The molecule has 1 atom stereocenters. The Hall–Kier alpha value is -2.38. The van der Waals surface area contributed by atoms with Gasteiger partial charge >= 0.3 is 17.9 Å². The van der Waals surface area contributed by atoms with Gasteiger partial charge in [-0.15, -0.1) is 0 Å². The summed E-state index contributed by atoms with van der Waals surface area (Å²) < 4.78 is 9.95. The second-order valence-corrected chi connectivity index (χ2v) is 6.15. The largest absolute Gasteiger partial charge is 0.480 e. The van der Waals surface area contributed by atoms with Crippen LogP contribution in [0.5, 0.6) is 0 Å². The maximum Gasteiger partial charge on any atom is 0.334 e. The van der Waals surface area contributed by atoms with E-state index in [9.17, 15) is 19.2 Å². The van der Waals surface area contributed by atoms with Gasteiger partial charge in [-0.25, -0.2) is 4.79 Å². The van der Waals surface area contributed by atoms with E-state index < -0.39 is 37.0 Å². The van der Waals surface area contributed by atoms with Crippen LogP contribution in [0.4, 0.5) is 0 Å². The van der Waals surface area contributed by atoms with Crippen molar-refractivity contribution < 1.29 is 33.8 Å². The van der Waals surface area contributed by atoms with E-state index >= 15 is 0 Å². The highest BCUT2D eigenvalue weighted by Crippen LogP contribution is 2.10. The van der Waals surface area contributed by atoms with Crippen molar-refractivity contribution in [1.82, 2.24) is 4.90 Å². The molecule has 0 aromatic carbocycles. The van der Waals surface area contributed by atoms with Crippen LogP contribution in [0.25, 0.3) is 0 Å². The second kappa shape index (κ2) is 12.9. The van der Waals surface area contributed by atoms with Gasteiger partial charge in [-0.2, -0.15) is 0 Å². The number of carbonyl (C=O) groups is 4. The first-order valence-corrected chi connectivity index (χ1v) is 8.67. The number of nitrogens with zero attached hydrogens (tertiary/aromatic N) is 1. The molecule has 0 saturated heterocycles. The number of rotatable bonds is 13. The summed E-state index contributed by atoms with van der Waals surface area (Å²) in [4.78, 5) is 46.5. The van der Waals surface area contributed by atoms with Gasteiger partial charge in [-0.3, -0.25) is 14.4 Å². The fraction of sp³-hybridized carbons (Fsp3) is 0.667. The summed E-state index contributed by atoms with van der Waals surface area (Å²) in [5.74, 6) is -3.32. The lowest BCUT2D eigenvalue weighted by Crippen LogP contribution is -2.35. The zero-order valence-electron chi connectivity index (χ0n) is 15.8. The molecule has 0 aliphatic heterocycles. The molecule has 0 fully saturated rings. The molecule has 0 aliphatic carbocycles. The Morgan fingerprint density at radius 3 is 2.38 bits per heavy atom. The molecule has 1 amide bonds. The molecule has 0 heterocycles. The number of esters is 2. The lowest BCUT2D eigenvalue weighted by Gasteiger charge is -2.15. The van der Waals surface area contributed by atoms with E-state index in [4.69, 9.17) is 14.6 Å². The summed E-state index contributed by atoms with van der Waals surface area (Å²) in [6, 6.07) is 0. The summed E-state index contributed by atoms with van der Waals surface area (Å²) >= 11 is 0. The summed E-state index contributed by atoms with van der Waals surface area (Å²) in [6.07, 6.45) is 4.52. The van der Waals surface area contributed by atoms with Gasteiger partial charge in [-0.1, -0.05) is 32.8 Å². The number of ether oxygens (including phenoxy) is 2. The molecule has 0 aliphatic rings. The molecule has 148 valence electrons. The molecule has 26 heavy (non-hydrogen) atoms. The van der Waals surface area contributed by atoms with E-state index in [0.29, 0.717) is 0 Å². The van der Waals surface area contributed by atoms with Crippen molar-refractivity contribution in [2.45, 2.75) is 58.5 Å². The van der Waals surface area contributed by atoms with Crippen molar-refractivity contribution >= 4 is 23.8 Å². The van der Waals surface area contributed by atoms with Crippen LogP contribution >= 0.6 is 0 Å². The molecule has 0 rings (SSSR count). The normalized spacial score (nSPS) is 11.3. The number of hydrogen-bond acceptors (Lipinski definition) is 6. The van der Waals surface area contributed by atoms with Crippen molar-refractivity contribution in [3.05, 3.63) is 12.2 Å². The van der Waals surface area contributed by atoms with Crippen molar-refractivity contribution in [3.63, 3.8) is 0 Å². The van der Waals surface area contributed by atoms with Crippen molar-refractivity contribution in [3.8, 4) is 0 Å². The summed E-state index contributed by atoms with van der Waals surface area (Å²) in [5, 5.41) is 8.58. The zero-order valence-corrected chi connectivity index (χ0v) is 15.8. The van der Waals surface area contributed by atoms with Crippen LogP contribution in [0, 0.1) is 0 Å². The number of aliphatic carboxylic acids is 1. The van der Waals surface area contributed by atoms with Gasteiger partial charge < -0.3 is 19.5 Å². The average molecular weight is 371 g/mol. The highest BCUT2D eigenvalue weighted by atomic mass is 16.5. The van der Waals surface area contributed by atoms with E-state index in [0.717, 1.165) is 37.0 Å². The van der Waals surface area contributed by atoms with Crippen LogP contribution in [0.2, 0.25) is 0 Å². The molecule has 0 bridgehead atoms. The van der Waals surface area contributed by atoms with Gasteiger partial charge in [0.2, 0.25) is 0 Å². The molecular formula is C18H29NO7. The predicted molar refractivity (Wildman–Crippen MR) is 94.3 cm³/mol. The minimum absolute atomic E-state index is 0.123. The van der Waals surface area contributed by atoms with Crippen LogP contribution in [-0.2, 0) is 28.7 Å². The van der Waals surface area contributed by atoms with Crippen molar-refractivity contribution in [1.29, 1.82) is 0 Å². The standard InChI is InChI=1S/C18H29NO7/c1-5-6-7-8-9-14(3)26-17(23)10-13(2)18(24)25-12-15(20)19(4)11-16(21)22/h14H,2,5-12H2,1,3-4H3,(H,21,22). The third-order valence-electron chi connectivity index (χ3n) is 3.57. The third kappa shape index (κ3) is 11.2. The molecule has 0 spiro atoms. The molecule has 0 radical (unpaired) electrons. The first kappa shape index (κ1) is 23.6. The number of likely N-dealkylation sites (N-methyl/N-ethyl adjacent to an activating group) is 1.